The molecule has 0 radical (unpaired) electrons. The van der Waals surface area contributed by atoms with Crippen molar-refractivity contribution in [1.29, 1.82) is 0 Å². The van der Waals surface area contributed by atoms with E-state index in [9.17, 15) is 19.2 Å². The van der Waals surface area contributed by atoms with Crippen LogP contribution in [0.4, 0.5) is 4.79 Å². The monoisotopic (exact) mass is 511 g/mol. The molecule has 0 fully saturated rings. The molecule has 37 heavy (non-hydrogen) atoms. The van der Waals surface area contributed by atoms with Crippen LogP contribution in [-0.2, 0) is 30.3 Å². The predicted octanol–water partition coefficient (Wildman–Crippen LogP) is 3.31. The van der Waals surface area contributed by atoms with Crippen molar-refractivity contribution in [2.24, 2.45) is 0 Å². The largest absolute Gasteiger partial charge is 0.468 e. The van der Waals surface area contributed by atoms with Gasteiger partial charge in [0.1, 0.15) is 24.2 Å². The number of amides is 3. The molecule has 3 amide bonds. The first-order valence-electron chi connectivity index (χ1n) is 12.2. The van der Waals surface area contributed by atoms with Gasteiger partial charge in [0.05, 0.1) is 7.11 Å². The van der Waals surface area contributed by atoms with Crippen molar-refractivity contribution in [3.05, 3.63) is 71.3 Å². The molecular formula is C28H37N3O6. The number of carbonyl (C=O) groups is 4. The Hall–Kier alpha value is -3.88. The van der Waals surface area contributed by atoms with E-state index in [2.05, 4.69) is 15.4 Å². The summed E-state index contributed by atoms with van der Waals surface area (Å²) in [5, 5.41) is 5.25. The number of hydrogen-bond donors (Lipinski definition) is 2. The summed E-state index contributed by atoms with van der Waals surface area (Å²) in [5.41, 5.74) is 1.63. The highest BCUT2D eigenvalue weighted by Crippen LogP contribution is 2.24. The zero-order valence-corrected chi connectivity index (χ0v) is 22.4. The van der Waals surface area contributed by atoms with E-state index in [1.165, 1.54) is 12.0 Å². The van der Waals surface area contributed by atoms with E-state index in [-0.39, 0.29) is 19.5 Å². The van der Waals surface area contributed by atoms with Gasteiger partial charge in [0.15, 0.2) is 0 Å². The summed E-state index contributed by atoms with van der Waals surface area (Å²) in [5.74, 6) is -1.62. The second kappa shape index (κ2) is 13.4. The zero-order valence-electron chi connectivity index (χ0n) is 22.4. The number of likely N-dealkylation sites (N-methyl/N-ethyl adjacent to an activating group) is 1. The van der Waals surface area contributed by atoms with Gasteiger partial charge in [0.25, 0.3) is 0 Å². The van der Waals surface area contributed by atoms with Crippen LogP contribution in [0.1, 0.15) is 50.4 Å². The molecule has 2 rings (SSSR count). The molecule has 0 saturated heterocycles. The minimum absolute atomic E-state index is 0.171. The van der Waals surface area contributed by atoms with Gasteiger partial charge in [-0.1, -0.05) is 60.2 Å². The lowest BCUT2D eigenvalue weighted by molar-refractivity contribution is -0.144. The Morgan fingerprint density at radius 1 is 0.973 bits per heavy atom. The third kappa shape index (κ3) is 9.25. The number of nitrogens with zero attached hydrogens (tertiary/aromatic N) is 1. The standard InChI is InChI=1S/C28H37N3O6/c1-7-31(24(21-15-13-19(2)14-16-21)25(33)29-18-23(32)36-6)26(34)22(17-20-11-9-8-10-12-20)30-27(35)37-28(3,4)5/h8-16,22,24H,7,17-18H2,1-6H3,(H,29,33)(H,30,35). The normalized spacial score (nSPS) is 12.6. The first kappa shape index (κ1) is 29.4. The van der Waals surface area contributed by atoms with Gasteiger partial charge in [-0.05, 0) is 45.7 Å². The van der Waals surface area contributed by atoms with Crippen LogP contribution in [0.15, 0.2) is 54.6 Å². The van der Waals surface area contributed by atoms with Crippen molar-refractivity contribution < 1.29 is 28.7 Å². The lowest BCUT2D eigenvalue weighted by Gasteiger charge is -2.33. The van der Waals surface area contributed by atoms with E-state index in [1.54, 1.807) is 39.8 Å². The number of nitrogens with one attached hydrogen (secondary N) is 2. The van der Waals surface area contributed by atoms with Crippen molar-refractivity contribution in [1.82, 2.24) is 15.5 Å². The third-order valence-corrected chi connectivity index (χ3v) is 5.48. The van der Waals surface area contributed by atoms with Crippen LogP contribution in [0, 0.1) is 6.92 Å². The predicted molar refractivity (Wildman–Crippen MR) is 140 cm³/mol. The van der Waals surface area contributed by atoms with Crippen LogP contribution >= 0.6 is 0 Å². The number of alkyl carbamates (subject to hydrolysis) is 1. The average Bonchev–Trinajstić information content (AvgIpc) is 2.85. The Labute approximate surface area is 218 Å². The molecule has 0 spiro atoms. The van der Waals surface area contributed by atoms with Gasteiger partial charge in [-0.25, -0.2) is 4.79 Å². The fraction of sp³-hybridized carbons (Fsp3) is 0.429. The minimum Gasteiger partial charge on any atom is -0.468 e. The van der Waals surface area contributed by atoms with Gasteiger partial charge < -0.3 is 25.0 Å². The fourth-order valence-electron chi connectivity index (χ4n) is 3.72. The first-order valence-corrected chi connectivity index (χ1v) is 12.2. The summed E-state index contributed by atoms with van der Waals surface area (Å²) in [4.78, 5) is 53.0. The highest BCUT2D eigenvalue weighted by Gasteiger charge is 2.35. The number of esters is 1. The second-order valence-electron chi connectivity index (χ2n) is 9.62. The number of rotatable bonds is 10. The molecule has 0 bridgehead atoms. The molecule has 0 aromatic heterocycles. The average molecular weight is 512 g/mol. The smallest absolute Gasteiger partial charge is 0.408 e. The van der Waals surface area contributed by atoms with Crippen LogP contribution in [0.5, 0.6) is 0 Å². The second-order valence-corrected chi connectivity index (χ2v) is 9.62. The summed E-state index contributed by atoms with van der Waals surface area (Å²) in [6.45, 7) is 8.70. The summed E-state index contributed by atoms with van der Waals surface area (Å²) in [6.07, 6.45) is -0.542. The first-order chi connectivity index (χ1) is 17.4. The molecule has 0 aliphatic rings. The lowest BCUT2D eigenvalue weighted by Crippen LogP contribution is -2.54. The molecule has 2 aromatic rings. The number of aryl methyl sites for hydroxylation is 1. The molecule has 0 saturated carbocycles. The maximum atomic E-state index is 13.9. The van der Waals surface area contributed by atoms with Crippen molar-refractivity contribution in [3.63, 3.8) is 0 Å². The molecule has 0 aliphatic carbocycles. The van der Waals surface area contributed by atoms with Crippen molar-refractivity contribution in [2.45, 2.75) is 58.7 Å². The van der Waals surface area contributed by atoms with E-state index in [4.69, 9.17) is 4.74 Å². The molecule has 200 valence electrons. The van der Waals surface area contributed by atoms with E-state index in [0.717, 1.165) is 11.1 Å². The van der Waals surface area contributed by atoms with Gasteiger partial charge in [-0.3, -0.25) is 14.4 Å². The van der Waals surface area contributed by atoms with E-state index >= 15 is 0 Å². The van der Waals surface area contributed by atoms with Gasteiger partial charge in [-0.2, -0.15) is 0 Å². The van der Waals surface area contributed by atoms with Crippen LogP contribution in [0.3, 0.4) is 0 Å². The molecule has 2 N–H and O–H groups in total. The summed E-state index contributed by atoms with van der Waals surface area (Å²) >= 11 is 0. The highest BCUT2D eigenvalue weighted by molar-refractivity contribution is 5.93. The molecule has 2 aromatic carbocycles. The summed E-state index contributed by atoms with van der Waals surface area (Å²) < 4.78 is 10.0. The Kier molecular flexibility index (Phi) is 10.7. The zero-order chi connectivity index (χ0) is 27.6. The minimum atomic E-state index is -1.04. The van der Waals surface area contributed by atoms with Gasteiger partial charge >= 0.3 is 12.1 Å². The Morgan fingerprint density at radius 3 is 2.14 bits per heavy atom. The molecule has 9 nitrogen and oxygen atoms in total. The number of methoxy groups -OCH3 is 1. The van der Waals surface area contributed by atoms with Gasteiger partial charge in [0, 0.05) is 13.0 Å². The number of carbonyl (C=O) groups excluding carboxylic acids is 4. The highest BCUT2D eigenvalue weighted by atomic mass is 16.6. The number of benzene rings is 2. The van der Waals surface area contributed by atoms with Crippen LogP contribution < -0.4 is 10.6 Å². The Balaban J connectivity index is 2.43. The molecule has 2 unspecified atom stereocenters. The van der Waals surface area contributed by atoms with E-state index in [0.29, 0.717) is 5.56 Å². The molecule has 9 heteroatoms. The maximum Gasteiger partial charge on any atom is 0.408 e. The Bertz CT molecular complexity index is 1060. The summed E-state index contributed by atoms with van der Waals surface area (Å²) in [7, 11) is 1.23. The maximum absolute atomic E-state index is 13.9. The molecule has 2 atom stereocenters. The van der Waals surface area contributed by atoms with Gasteiger partial charge in [0.2, 0.25) is 11.8 Å². The molecular weight excluding hydrogens is 474 g/mol. The third-order valence-electron chi connectivity index (χ3n) is 5.48. The Morgan fingerprint density at radius 2 is 1.59 bits per heavy atom. The van der Waals surface area contributed by atoms with Crippen LogP contribution in [0.2, 0.25) is 0 Å². The molecule has 0 aliphatic heterocycles. The lowest BCUT2D eigenvalue weighted by atomic mass is 9.99. The molecule has 0 heterocycles. The number of ether oxygens (including phenoxy) is 2. The van der Waals surface area contributed by atoms with Crippen LogP contribution in [-0.4, -0.2) is 60.6 Å². The van der Waals surface area contributed by atoms with Gasteiger partial charge in [-0.15, -0.1) is 0 Å². The SMILES string of the molecule is CCN(C(=O)C(Cc1ccccc1)NC(=O)OC(C)(C)C)C(C(=O)NCC(=O)OC)c1ccc(C)cc1. The quantitative estimate of drug-likeness (QED) is 0.473. The fourth-order valence-corrected chi connectivity index (χ4v) is 3.72. The number of hydrogen-bond acceptors (Lipinski definition) is 6. The van der Waals surface area contributed by atoms with Crippen molar-refractivity contribution in [3.8, 4) is 0 Å². The van der Waals surface area contributed by atoms with Crippen molar-refractivity contribution >= 4 is 23.9 Å². The summed E-state index contributed by atoms with van der Waals surface area (Å²) in [6, 6.07) is 14.4. The van der Waals surface area contributed by atoms with E-state index in [1.807, 2.05) is 49.4 Å². The van der Waals surface area contributed by atoms with Crippen molar-refractivity contribution in [2.75, 3.05) is 20.2 Å². The van der Waals surface area contributed by atoms with Crippen LogP contribution in [0.25, 0.3) is 0 Å². The topological polar surface area (TPSA) is 114 Å². The van der Waals surface area contributed by atoms with E-state index < -0.39 is 41.6 Å².